The van der Waals surface area contributed by atoms with Gasteiger partial charge in [-0.25, -0.2) is 9.07 Å². The Labute approximate surface area is 196 Å². The molecule has 3 aromatic carbocycles. The molecule has 8 heteroatoms. The Balaban J connectivity index is 1.75. The van der Waals surface area contributed by atoms with Crippen molar-refractivity contribution >= 4 is 23.2 Å². The maximum atomic E-state index is 13.4. The summed E-state index contributed by atoms with van der Waals surface area (Å²) < 4.78 is 20.3. The van der Waals surface area contributed by atoms with Gasteiger partial charge in [-0.2, -0.15) is 5.10 Å². The Morgan fingerprint density at radius 2 is 1.68 bits per heavy atom. The molecular weight excluding hydrogens is 435 g/mol. The van der Waals surface area contributed by atoms with Gasteiger partial charge in [-0.15, -0.1) is 0 Å². The van der Waals surface area contributed by atoms with Crippen LogP contribution in [0.15, 0.2) is 72.9 Å². The lowest BCUT2D eigenvalue weighted by atomic mass is 10.1. The van der Waals surface area contributed by atoms with Crippen molar-refractivity contribution in [3.8, 4) is 22.7 Å². The Hall–Kier alpha value is -4.46. The lowest BCUT2D eigenvalue weighted by Gasteiger charge is -2.12. The molecule has 0 unspecified atom stereocenters. The number of carbonyl (C=O) groups is 2. The van der Waals surface area contributed by atoms with Gasteiger partial charge in [-0.1, -0.05) is 29.8 Å². The minimum atomic E-state index is -0.415. The van der Waals surface area contributed by atoms with Crippen LogP contribution in [0.5, 0.6) is 5.75 Å². The van der Waals surface area contributed by atoms with Gasteiger partial charge in [-0.3, -0.25) is 9.59 Å². The molecule has 1 aromatic heterocycles. The number of ether oxygens (including phenoxy) is 1. The fourth-order valence-electron chi connectivity index (χ4n) is 3.47. The largest absolute Gasteiger partial charge is 0.495 e. The molecule has 0 saturated heterocycles. The minimum Gasteiger partial charge on any atom is -0.495 e. The number of amides is 2. The van der Waals surface area contributed by atoms with Crippen LogP contribution < -0.4 is 15.4 Å². The first-order valence-electron chi connectivity index (χ1n) is 10.5. The Morgan fingerprint density at radius 3 is 2.32 bits per heavy atom. The normalized spacial score (nSPS) is 10.6. The quantitative estimate of drug-likeness (QED) is 0.416. The van der Waals surface area contributed by atoms with Crippen molar-refractivity contribution in [2.45, 2.75) is 13.8 Å². The van der Waals surface area contributed by atoms with Crippen molar-refractivity contribution in [2.24, 2.45) is 0 Å². The van der Waals surface area contributed by atoms with Crippen molar-refractivity contribution < 1.29 is 18.7 Å². The predicted octanol–water partition coefficient (Wildman–Crippen LogP) is 5.21. The van der Waals surface area contributed by atoms with E-state index in [1.54, 1.807) is 36.5 Å². The number of nitrogens with one attached hydrogen (secondary N) is 2. The van der Waals surface area contributed by atoms with E-state index < -0.39 is 5.91 Å². The monoisotopic (exact) mass is 458 g/mol. The molecule has 7 nitrogen and oxygen atoms in total. The van der Waals surface area contributed by atoms with Gasteiger partial charge < -0.3 is 15.4 Å². The number of nitrogens with zero attached hydrogens (tertiary/aromatic N) is 2. The minimum absolute atomic E-state index is 0.232. The summed E-state index contributed by atoms with van der Waals surface area (Å²) in [6.45, 7) is 3.38. The maximum Gasteiger partial charge on any atom is 0.259 e. The zero-order valence-electron chi connectivity index (χ0n) is 18.9. The number of aromatic nitrogens is 2. The third kappa shape index (κ3) is 4.96. The summed E-state index contributed by atoms with van der Waals surface area (Å²) in [5.74, 6) is -0.573. The van der Waals surface area contributed by atoms with Crippen LogP contribution in [0.1, 0.15) is 22.8 Å². The summed E-state index contributed by atoms with van der Waals surface area (Å²) in [6.07, 6.45) is 1.60. The van der Waals surface area contributed by atoms with E-state index in [2.05, 4.69) is 15.7 Å². The summed E-state index contributed by atoms with van der Waals surface area (Å²) in [5.41, 5.74) is 4.15. The van der Waals surface area contributed by atoms with Crippen molar-refractivity contribution in [2.75, 3.05) is 17.7 Å². The van der Waals surface area contributed by atoms with E-state index >= 15 is 0 Å². The van der Waals surface area contributed by atoms with Crippen LogP contribution in [0.25, 0.3) is 16.9 Å². The second-order valence-electron chi connectivity index (χ2n) is 7.73. The van der Waals surface area contributed by atoms with Crippen LogP contribution in [0.2, 0.25) is 0 Å². The van der Waals surface area contributed by atoms with Gasteiger partial charge in [0.05, 0.1) is 24.0 Å². The molecule has 172 valence electrons. The number of aryl methyl sites for hydroxylation is 1. The summed E-state index contributed by atoms with van der Waals surface area (Å²) in [4.78, 5) is 24.9. The SMILES string of the molecule is COc1ccc(NC(C)=O)cc1NC(=O)c1cn(-c2ccc(F)cc2)nc1-c1ccc(C)cc1. The molecular formula is C26H23FN4O3. The van der Waals surface area contributed by atoms with Gasteiger partial charge in [0, 0.05) is 24.4 Å². The molecule has 0 atom stereocenters. The first-order valence-corrected chi connectivity index (χ1v) is 10.5. The van der Waals surface area contributed by atoms with Crippen LogP contribution >= 0.6 is 0 Å². The van der Waals surface area contributed by atoms with Gasteiger partial charge >= 0.3 is 0 Å². The number of rotatable bonds is 6. The molecule has 0 radical (unpaired) electrons. The van der Waals surface area contributed by atoms with Gasteiger partial charge in [0.25, 0.3) is 5.91 Å². The van der Waals surface area contributed by atoms with Crippen molar-refractivity contribution in [1.82, 2.24) is 9.78 Å². The molecule has 34 heavy (non-hydrogen) atoms. The van der Waals surface area contributed by atoms with Crippen LogP contribution in [-0.4, -0.2) is 28.7 Å². The summed E-state index contributed by atoms with van der Waals surface area (Å²) in [7, 11) is 1.49. The molecule has 0 fully saturated rings. The van der Waals surface area contributed by atoms with E-state index in [9.17, 15) is 14.0 Å². The fraction of sp³-hybridized carbons (Fsp3) is 0.115. The Morgan fingerprint density at radius 1 is 0.971 bits per heavy atom. The van der Waals surface area contributed by atoms with Gasteiger partial charge in [0.2, 0.25) is 5.91 Å². The third-order valence-corrected chi connectivity index (χ3v) is 5.14. The second kappa shape index (κ2) is 9.58. The number of carbonyl (C=O) groups excluding carboxylic acids is 2. The molecule has 4 aromatic rings. The molecule has 0 bridgehead atoms. The lowest BCUT2D eigenvalue weighted by Crippen LogP contribution is -2.14. The van der Waals surface area contributed by atoms with Crippen molar-refractivity contribution in [1.29, 1.82) is 0 Å². The molecule has 0 aliphatic carbocycles. The number of methoxy groups -OCH3 is 1. The molecule has 0 saturated carbocycles. The van der Waals surface area contributed by atoms with Gasteiger partial charge in [-0.05, 0) is 49.4 Å². The zero-order valence-corrected chi connectivity index (χ0v) is 18.9. The average molecular weight is 458 g/mol. The first-order chi connectivity index (χ1) is 16.3. The Bertz CT molecular complexity index is 1350. The lowest BCUT2D eigenvalue weighted by molar-refractivity contribution is -0.114. The number of hydrogen-bond donors (Lipinski definition) is 2. The van der Waals surface area contributed by atoms with Gasteiger partial charge in [0.15, 0.2) is 0 Å². The summed E-state index contributed by atoms with van der Waals surface area (Å²) >= 11 is 0. The van der Waals surface area contributed by atoms with Crippen LogP contribution in [0.4, 0.5) is 15.8 Å². The van der Waals surface area contributed by atoms with E-state index in [0.717, 1.165) is 11.1 Å². The number of benzene rings is 3. The highest BCUT2D eigenvalue weighted by Gasteiger charge is 2.20. The van der Waals surface area contributed by atoms with E-state index in [1.165, 1.54) is 30.8 Å². The predicted molar refractivity (Wildman–Crippen MR) is 129 cm³/mol. The molecule has 2 N–H and O–H groups in total. The second-order valence-corrected chi connectivity index (χ2v) is 7.73. The highest BCUT2D eigenvalue weighted by molar-refractivity contribution is 6.09. The first kappa shape index (κ1) is 22.7. The molecule has 0 aliphatic rings. The average Bonchev–Trinajstić information content (AvgIpc) is 3.25. The topological polar surface area (TPSA) is 85.3 Å². The summed E-state index contributed by atoms with van der Waals surface area (Å²) in [6, 6.07) is 18.5. The number of halogens is 1. The number of hydrogen-bond acceptors (Lipinski definition) is 4. The Kier molecular flexibility index (Phi) is 6.40. The van der Waals surface area contributed by atoms with Crippen LogP contribution in [0, 0.1) is 12.7 Å². The molecule has 1 heterocycles. The molecule has 0 aliphatic heterocycles. The van der Waals surface area contributed by atoms with Gasteiger partial charge in [0.1, 0.15) is 17.3 Å². The smallest absolute Gasteiger partial charge is 0.259 e. The zero-order chi connectivity index (χ0) is 24.2. The van der Waals surface area contributed by atoms with E-state index in [1.807, 2.05) is 31.2 Å². The highest BCUT2D eigenvalue weighted by atomic mass is 19.1. The molecule has 4 rings (SSSR count). The standard InChI is InChI=1S/C26H23FN4O3/c1-16-4-6-18(7-5-16)25-22(15-31(30-25)21-11-8-19(27)9-12-21)26(33)29-23-14-20(28-17(2)32)10-13-24(23)34-3/h4-15H,1-3H3,(H,28,32)(H,29,33). The van der Waals surface area contributed by atoms with E-state index in [4.69, 9.17) is 4.74 Å². The highest BCUT2D eigenvalue weighted by Crippen LogP contribution is 2.30. The maximum absolute atomic E-state index is 13.4. The van der Waals surface area contributed by atoms with E-state index in [-0.39, 0.29) is 11.7 Å². The van der Waals surface area contributed by atoms with Crippen molar-refractivity contribution in [3.05, 3.63) is 89.9 Å². The fourth-order valence-corrected chi connectivity index (χ4v) is 3.47. The third-order valence-electron chi connectivity index (χ3n) is 5.14. The van der Waals surface area contributed by atoms with Crippen LogP contribution in [0.3, 0.4) is 0 Å². The van der Waals surface area contributed by atoms with Crippen LogP contribution in [-0.2, 0) is 4.79 Å². The number of anilines is 2. The molecule has 2 amide bonds. The van der Waals surface area contributed by atoms with Crippen molar-refractivity contribution in [3.63, 3.8) is 0 Å². The summed E-state index contributed by atoms with van der Waals surface area (Å²) in [5, 5.41) is 10.2. The van der Waals surface area contributed by atoms with E-state index in [0.29, 0.717) is 34.1 Å². The molecule has 0 spiro atoms.